The third-order valence-electron chi connectivity index (χ3n) is 3.64. The molecule has 0 aliphatic carbocycles. The lowest BCUT2D eigenvalue weighted by Gasteiger charge is -2.16. The molecular formula is C17H18ClFN2O2. The summed E-state index contributed by atoms with van der Waals surface area (Å²) in [6, 6.07) is 12.8. The Balaban J connectivity index is 0.00000192. The lowest BCUT2D eigenvalue weighted by molar-refractivity contribution is 0.0791. The summed E-state index contributed by atoms with van der Waals surface area (Å²) >= 11 is 0. The van der Waals surface area contributed by atoms with Crippen molar-refractivity contribution in [3.63, 3.8) is 0 Å². The molecule has 0 aromatic heterocycles. The Morgan fingerprint density at radius 1 is 1.17 bits per heavy atom. The molecule has 1 amide bonds. The van der Waals surface area contributed by atoms with Gasteiger partial charge in [-0.15, -0.1) is 12.4 Å². The van der Waals surface area contributed by atoms with Gasteiger partial charge < -0.3 is 15.4 Å². The van der Waals surface area contributed by atoms with Gasteiger partial charge in [0.05, 0.1) is 0 Å². The van der Waals surface area contributed by atoms with Gasteiger partial charge in [-0.3, -0.25) is 4.79 Å². The molecule has 6 heteroatoms. The molecule has 1 saturated heterocycles. The monoisotopic (exact) mass is 336 g/mol. The smallest absolute Gasteiger partial charge is 0.253 e. The fraction of sp³-hybridized carbons (Fsp3) is 0.235. The van der Waals surface area contributed by atoms with Crippen molar-refractivity contribution in [1.29, 1.82) is 0 Å². The largest absolute Gasteiger partial charge is 0.457 e. The molecule has 1 unspecified atom stereocenters. The van der Waals surface area contributed by atoms with Crippen LogP contribution >= 0.6 is 12.4 Å². The van der Waals surface area contributed by atoms with E-state index >= 15 is 0 Å². The second-order valence-corrected chi connectivity index (χ2v) is 5.38. The Bertz CT molecular complexity index is 679. The van der Waals surface area contributed by atoms with Crippen LogP contribution in [0.4, 0.5) is 4.39 Å². The number of likely N-dealkylation sites (tertiary alicyclic amines) is 1. The maximum absolute atomic E-state index is 13.1. The van der Waals surface area contributed by atoms with Crippen molar-refractivity contribution in [1.82, 2.24) is 4.90 Å². The van der Waals surface area contributed by atoms with E-state index in [1.807, 2.05) is 0 Å². The quantitative estimate of drug-likeness (QED) is 0.936. The van der Waals surface area contributed by atoms with E-state index in [4.69, 9.17) is 10.5 Å². The van der Waals surface area contributed by atoms with Crippen LogP contribution in [0.3, 0.4) is 0 Å². The molecule has 1 aliphatic rings. The zero-order valence-corrected chi connectivity index (χ0v) is 13.3. The van der Waals surface area contributed by atoms with E-state index in [-0.39, 0.29) is 30.2 Å². The Hall–Kier alpha value is -2.11. The van der Waals surface area contributed by atoms with E-state index in [2.05, 4.69) is 0 Å². The summed E-state index contributed by atoms with van der Waals surface area (Å²) in [4.78, 5) is 14.0. The number of nitrogens with two attached hydrogens (primary N) is 1. The van der Waals surface area contributed by atoms with Gasteiger partial charge in [-0.05, 0) is 42.8 Å². The second-order valence-electron chi connectivity index (χ2n) is 5.38. The van der Waals surface area contributed by atoms with E-state index in [1.54, 1.807) is 41.3 Å². The first kappa shape index (κ1) is 17.2. The summed E-state index contributed by atoms with van der Waals surface area (Å²) in [6.45, 7) is 1.29. The van der Waals surface area contributed by atoms with E-state index in [9.17, 15) is 9.18 Å². The summed E-state index contributed by atoms with van der Waals surface area (Å²) in [5.41, 5.74) is 6.42. The molecule has 1 aliphatic heterocycles. The maximum Gasteiger partial charge on any atom is 0.253 e. The zero-order chi connectivity index (χ0) is 15.5. The average molecular weight is 337 g/mol. The molecule has 2 N–H and O–H groups in total. The fourth-order valence-electron chi connectivity index (χ4n) is 2.49. The number of nitrogens with zero attached hydrogens (tertiary/aromatic N) is 1. The highest BCUT2D eigenvalue weighted by molar-refractivity contribution is 5.94. The van der Waals surface area contributed by atoms with Gasteiger partial charge in [0.2, 0.25) is 0 Å². The molecule has 4 nitrogen and oxygen atoms in total. The van der Waals surface area contributed by atoms with Gasteiger partial charge in [-0.1, -0.05) is 6.07 Å². The Morgan fingerprint density at radius 3 is 2.52 bits per heavy atom. The van der Waals surface area contributed by atoms with Crippen molar-refractivity contribution in [2.45, 2.75) is 12.5 Å². The van der Waals surface area contributed by atoms with E-state index < -0.39 is 0 Å². The average Bonchev–Trinajstić information content (AvgIpc) is 2.94. The van der Waals surface area contributed by atoms with Crippen LogP contribution in [0.1, 0.15) is 16.8 Å². The van der Waals surface area contributed by atoms with Gasteiger partial charge in [-0.2, -0.15) is 0 Å². The lowest BCUT2D eigenvalue weighted by Crippen LogP contribution is -2.31. The number of rotatable bonds is 3. The molecule has 3 rings (SSSR count). The molecule has 23 heavy (non-hydrogen) atoms. The number of ether oxygens (including phenoxy) is 1. The van der Waals surface area contributed by atoms with Crippen molar-refractivity contribution in [3.05, 3.63) is 59.9 Å². The topological polar surface area (TPSA) is 55.6 Å². The molecule has 1 fully saturated rings. The minimum absolute atomic E-state index is 0. The number of carbonyl (C=O) groups excluding carboxylic acids is 1. The van der Waals surface area contributed by atoms with Crippen LogP contribution in [0.5, 0.6) is 11.5 Å². The minimum atomic E-state index is -0.352. The summed E-state index contributed by atoms with van der Waals surface area (Å²) in [5.74, 6) is 0.602. The molecule has 0 spiro atoms. The number of benzene rings is 2. The normalized spacial score (nSPS) is 16.8. The van der Waals surface area contributed by atoms with Crippen LogP contribution in [0.2, 0.25) is 0 Å². The second kappa shape index (κ2) is 7.44. The highest BCUT2D eigenvalue weighted by Gasteiger charge is 2.24. The minimum Gasteiger partial charge on any atom is -0.457 e. The zero-order valence-electron chi connectivity index (χ0n) is 12.4. The fourth-order valence-corrected chi connectivity index (χ4v) is 2.49. The Morgan fingerprint density at radius 2 is 1.91 bits per heavy atom. The maximum atomic E-state index is 13.1. The van der Waals surface area contributed by atoms with Crippen molar-refractivity contribution in [2.75, 3.05) is 13.1 Å². The first-order chi connectivity index (χ1) is 10.6. The van der Waals surface area contributed by atoms with Crippen LogP contribution < -0.4 is 10.5 Å². The summed E-state index contributed by atoms with van der Waals surface area (Å²) in [5, 5.41) is 0. The lowest BCUT2D eigenvalue weighted by atomic mass is 10.2. The molecule has 2 aromatic carbocycles. The Kier molecular flexibility index (Phi) is 5.58. The van der Waals surface area contributed by atoms with Crippen molar-refractivity contribution < 1.29 is 13.9 Å². The van der Waals surface area contributed by atoms with Gasteiger partial charge in [0.15, 0.2) is 0 Å². The third kappa shape index (κ3) is 4.21. The van der Waals surface area contributed by atoms with Gasteiger partial charge in [0, 0.05) is 30.8 Å². The summed E-state index contributed by atoms with van der Waals surface area (Å²) < 4.78 is 18.7. The molecule has 0 saturated carbocycles. The molecule has 1 heterocycles. The predicted molar refractivity (Wildman–Crippen MR) is 88.7 cm³/mol. The summed E-state index contributed by atoms with van der Waals surface area (Å²) in [7, 11) is 0. The molecule has 0 radical (unpaired) electrons. The highest BCUT2D eigenvalue weighted by atomic mass is 35.5. The number of carbonyl (C=O) groups is 1. The van der Waals surface area contributed by atoms with Crippen LogP contribution in [0.15, 0.2) is 48.5 Å². The van der Waals surface area contributed by atoms with Crippen molar-refractivity contribution in [3.8, 4) is 11.5 Å². The van der Waals surface area contributed by atoms with E-state index in [0.29, 0.717) is 30.2 Å². The number of hydrogen-bond donors (Lipinski definition) is 1. The molecular weight excluding hydrogens is 319 g/mol. The number of halogens is 2. The van der Waals surface area contributed by atoms with E-state index in [1.165, 1.54) is 12.1 Å². The first-order valence-corrected chi connectivity index (χ1v) is 7.20. The van der Waals surface area contributed by atoms with E-state index in [0.717, 1.165) is 6.42 Å². The van der Waals surface area contributed by atoms with Crippen LogP contribution in [0.25, 0.3) is 0 Å². The Labute approximate surface area is 140 Å². The number of amides is 1. The molecule has 0 bridgehead atoms. The highest BCUT2D eigenvalue weighted by Crippen LogP contribution is 2.23. The molecule has 122 valence electrons. The number of hydrogen-bond acceptors (Lipinski definition) is 3. The standard InChI is InChI=1S/C17H17FN2O2.ClH/c18-13-2-1-3-16(10-13)22-15-6-4-12(5-7-15)17(21)20-9-8-14(19)11-20;/h1-7,10,14H,8-9,11,19H2;1H. The van der Waals surface area contributed by atoms with Crippen LogP contribution in [0, 0.1) is 5.82 Å². The van der Waals surface area contributed by atoms with Crippen molar-refractivity contribution >= 4 is 18.3 Å². The predicted octanol–water partition coefficient (Wildman–Crippen LogP) is 3.21. The SMILES string of the molecule is Cl.NC1CCN(C(=O)c2ccc(Oc3cccc(F)c3)cc2)C1. The molecule has 2 aromatic rings. The van der Waals surface area contributed by atoms with Crippen LogP contribution in [-0.2, 0) is 0 Å². The van der Waals surface area contributed by atoms with Crippen LogP contribution in [-0.4, -0.2) is 29.9 Å². The van der Waals surface area contributed by atoms with Crippen molar-refractivity contribution in [2.24, 2.45) is 5.73 Å². The third-order valence-corrected chi connectivity index (χ3v) is 3.64. The van der Waals surface area contributed by atoms with Gasteiger partial charge in [-0.25, -0.2) is 4.39 Å². The van der Waals surface area contributed by atoms with Gasteiger partial charge in [0.25, 0.3) is 5.91 Å². The summed E-state index contributed by atoms with van der Waals surface area (Å²) in [6.07, 6.45) is 0.840. The molecule has 1 atom stereocenters. The van der Waals surface area contributed by atoms with Gasteiger partial charge >= 0.3 is 0 Å². The van der Waals surface area contributed by atoms with Gasteiger partial charge in [0.1, 0.15) is 17.3 Å². The first-order valence-electron chi connectivity index (χ1n) is 7.20.